The number of thiazole rings is 1. The van der Waals surface area contributed by atoms with Crippen molar-refractivity contribution in [2.45, 2.75) is 59.0 Å². The molecule has 0 aromatic carbocycles. The summed E-state index contributed by atoms with van der Waals surface area (Å²) in [5.41, 5.74) is 1.13. The number of carbonyl (C=O) groups excluding carboxylic acids is 1. The molecule has 138 valence electrons. The van der Waals surface area contributed by atoms with Gasteiger partial charge in [0, 0.05) is 38.0 Å². The van der Waals surface area contributed by atoms with Gasteiger partial charge in [-0.05, 0) is 38.0 Å². The first-order chi connectivity index (χ1) is 11.8. The number of hydrogen-bond donors (Lipinski definition) is 1. The van der Waals surface area contributed by atoms with Crippen molar-refractivity contribution in [2.24, 2.45) is 5.41 Å². The van der Waals surface area contributed by atoms with Gasteiger partial charge in [0.1, 0.15) is 6.04 Å². The van der Waals surface area contributed by atoms with Crippen molar-refractivity contribution in [1.82, 2.24) is 14.8 Å². The Morgan fingerprint density at radius 3 is 2.60 bits per heavy atom. The third-order valence-electron chi connectivity index (χ3n) is 5.73. The highest BCUT2D eigenvalue weighted by Gasteiger charge is 2.48. The molecule has 6 nitrogen and oxygen atoms in total. The summed E-state index contributed by atoms with van der Waals surface area (Å²) in [5, 5.41) is 10.8. The number of hydrogen-bond acceptors (Lipinski definition) is 5. The number of rotatable bonds is 4. The molecule has 2 fully saturated rings. The maximum absolute atomic E-state index is 11.8. The molecule has 3 heterocycles. The standard InChI is InChI=1S/C18H27N3O3S/c1-4-14-16(25-12(2)19-14)10-21-11-18(9-15(21)17(23)24)5-7-20(8-6-18)13(3)22/h15H,4-11H2,1-3H3,(H,23,24)/t15-/m1/s1. The number of aliphatic carboxylic acids is 1. The number of aryl methyl sites for hydroxylation is 2. The van der Waals surface area contributed by atoms with Gasteiger partial charge in [-0.3, -0.25) is 14.5 Å². The Kier molecular flexibility index (Phi) is 5.16. The van der Waals surface area contributed by atoms with E-state index in [4.69, 9.17) is 0 Å². The van der Waals surface area contributed by atoms with Crippen LogP contribution in [0.3, 0.4) is 0 Å². The Morgan fingerprint density at radius 1 is 1.36 bits per heavy atom. The molecular weight excluding hydrogens is 338 g/mol. The number of piperidine rings is 1. The molecule has 1 aromatic rings. The molecule has 0 radical (unpaired) electrons. The minimum Gasteiger partial charge on any atom is -0.480 e. The summed E-state index contributed by atoms with van der Waals surface area (Å²) in [4.78, 5) is 33.2. The van der Waals surface area contributed by atoms with Crippen molar-refractivity contribution >= 4 is 23.2 Å². The summed E-state index contributed by atoms with van der Waals surface area (Å²) in [6.45, 7) is 8.67. The van der Waals surface area contributed by atoms with E-state index in [1.807, 2.05) is 11.8 Å². The quantitative estimate of drug-likeness (QED) is 0.886. The lowest BCUT2D eigenvalue weighted by atomic mass is 9.76. The van der Waals surface area contributed by atoms with Crippen molar-refractivity contribution in [3.8, 4) is 0 Å². The van der Waals surface area contributed by atoms with Crippen LogP contribution in [0.25, 0.3) is 0 Å². The summed E-state index contributed by atoms with van der Waals surface area (Å²) >= 11 is 1.68. The maximum atomic E-state index is 11.8. The second kappa shape index (κ2) is 7.03. The lowest BCUT2D eigenvalue weighted by Gasteiger charge is -2.39. The number of carbonyl (C=O) groups is 2. The monoisotopic (exact) mass is 365 g/mol. The molecule has 7 heteroatoms. The summed E-state index contributed by atoms with van der Waals surface area (Å²) in [7, 11) is 0. The Hall–Kier alpha value is -1.47. The van der Waals surface area contributed by atoms with Crippen LogP contribution in [0.2, 0.25) is 0 Å². The van der Waals surface area contributed by atoms with Crippen molar-refractivity contribution in [3.63, 3.8) is 0 Å². The predicted molar refractivity (Wildman–Crippen MR) is 96.6 cm³/mol. The van der Waals surface area contributed by atoms with Gasteiger partial charge in [-0.25, -0.2) is 4.98 Å². The normalized spacial score (nSPS) is 23.3. The van der Waals surface area contributed by atoms with Crippen molar-refractivity contribution in [2.75, 3.05) is 19.6 Å². The highest BCUT2D eigenvalue weighted by atomic mass is 32.1. The Balaban J connectivity index is 1.75. The first-order valence-corrected chi connectivity index (χ1v) is 9.83. The van der Waals surface area contributed by atoms with Crippen LogP contribution in [0.4, 0.5) is 0 Å². The third-order valence-corrected chi connectivity index (χ3v) is 6.72. The zero-order chi connectivity index (χ0) is 18.2. The van der Waals surface area contributed by atoms with E-state index in [-0.39, 0.29) is 11.3 Å². The average molecular weight is 365 g/mol. The topological polar surface area (TPSA) is 73.7 Å². The van der Waals surface area contributed by atoms with E-state index in [1.54, 1.807) is 18.3 Å². The molecule has 2 saturated heterocycles. The number of carboxylic acid groups (broad SMARTS) is 1. The highest BCUT2D eigenvalue weighted by molar-refractivity contribution is 7.11. The van der Waals surface area contributed by atoms with Crippen molar-refractivity contribution in [3.05, 3.63) is 15.6 Å². The number of nitrogens with zero attached hydrogens (tertiary/aromatic N) is 3. The van der Waals surface area contributed by atoms with E-state index in [2.05, 4.69) is 16.8 Å². The first-order valence-electron chi connectivity index (χ1n) is 9.01. The molecular formula is C18H27N3O3S. The highest BCUT2D eigenvalue weighted by Crippen LogP contribution is 2.44. The molecule has 1 spiro atoms. The number of likely N-dealkylation sites (tertiary alicyclic amines) is 2. The average Bonchev–Trinajstić information content (AvgIpc) is 3.09. The van der Waals surface area contributed by atoms with Gasteiger partial charge in [-0.15, -0.1) is 11.3 Å². The molecule has 0 aliphatic carbocycles. The van der Waals surface area contributed by atoms with E-state index in [0.29, 0.717) is 13.0 Å². The molecule has 2 aliphatic rings. The van der Waals surface area contributed by atoms with Crippen LogP contribution < -0.4 is 0 Å². The van der Waals surface area contributed by atoms with Crippen molar-refractivity contribution < 1.29 is 14.7 Å². The van der Waals surface area contributed by atoms with E-state index in [1.165, 1.54) is 4.88 Å². The van der Waals surface area contributed by atoms with Crippen LogP contribution in [0.1, 0.15) is 48.7 Å². The summed E-state index contributed by atoms with van der Waals surface area (Å²) in [6.07, 6.45) is 3.36. The zero-order valence-corrected chi connectivity index (χ0v) is 16.1. The molecule has 1 amide bonds. The molecule has 1 atom stereocenters. The molecule has 0 unspecified atom stereocenters. The van der Waals surface area contributed by atoms with E-state index in [9.17, 15) is 14.7 Å². The first kappa shape index (κ1) is 18.3. The molecule has 1 aromatic heterocycles. The number of aromatic nitrogens is 1. The molecule has 0 saturated carbocycles. The van der Waals surface area contributed by atoms with Crippen LogP contribution >= 0.6 is 11.3 Å². The van der Waals surface area contributed by atoms with Gasteiger partial charge in [-0.2, -0.15) is 0 Å². The van der Waals surface area contributed by atoms with E-state index in [0.717, 1.165) is 49.6 Å². The van der Waals surface area contributed by atoms with Gasteiger partial charge in [0.15, 0.2) is 0 Å². The van der Waals surface area contributed by atoms with E-state index < -0.39 is 12.0 Å². The van der Waals surface area contributed by atoms with Gasteiger partial charge >= 0.3 is 5.97 Å². The second-order valence-corrected chi connectivity index (χ2v) is 8.71. The Labute approximate surface area is 152 Å². The lowest BCUT2D eigenvalue weighted by Crippen LogP contribution is -2.43. The van der Waals surface area contributed by atoms with Gasteiger partial charge in [0.25, 0.3) is 0 Å². The fraction of sp³-hybridized carbons (Fsp3) is 0.722. The predicted octanol–water partition coefficient (Wildman–Crippen LogP) is 2.30. The Bertz CT molecular complexity index is 665. The largest absolute Gasteiger partial charge is 0.480 e. The van der Waals surface area contributed by atoms with Gasteiger partial charge in [0.2, 0.25) is 5.91 Å². The smallest absolute Gasteiger partial charge is 0.320 e. The minimum absolute atomic E-state index is 0.0289. The van der Waals surface area contributed by atoms with Crippen LogP contribution in [-0.4, -0.2) is 57.4 Å². The number of amides is 1. The zero-order valence-electron chi connectivity index (χ0n) is 15.2. The molecule has 0 bridgehead atoms. The van der Waals surface area contributed by atoms with Gasteiger partial charge in [-0.1, -0.05) is 6.92 Å². The lowest BCUT2D eigenvalue weighted by molar-refractivity contribution is -0.142. The maximum Gasteiger partial charge on any atom is 0.320 e. The molecule has 25 heavy (non-hydrogen) atoms. The fourth-order valence-corrected chi connectivity index (χ4v) is 5.36. The van der Waals surface area contributed by atoms with Crippen LogP contribution in [0.5, 0.6) is 0 Å². The minimum atomic E-state index is -0.731. The number of carboxylic acids is 1. The molecule has 2 aliphatic heterocycles. The van der Waals surface area contributed by atoms with Crippen LogP contribution in [0, 0.1) is 12.3 Å². The second-order valence-electron chi connectivity index (χ2n) is 7.43. The Morgan fingerprint density at radius 2 is 2.04 bits per heavy atom. The van der Waals surface area contributed by atoms with E-state index >= 15 is 0 Å². The molecule has 1 N–H and O–H groups in total. The summed E-state index contributed by atoms with van der Waals surface area (Å²) in [6, 6.07) is -0.434. The van der Waals surface area contributed by atoms with Crippen LogP contribution in [-0.2, 0) is 22.6 Å². The summed E-state index contributed by atoms with van der Waals surface area (Å²) in [5.74, 6) is -0.614. The summed E-state index contributed by atoms with van der Waals surface area (Å²) < 4.78 is 0. The van der Waals surface area contributed by atoms with Crippen molar-refractivity contribution in [1.29, 1.82) is 0 Å². The molecule has 3 rings (SSSR count). The fourth-order valence-electron chi connectivity index (χ4n) is 4.31. The van der Waals surface area contributed by atoms with Gasteiger partial charge in [0.05, 0.1) is 10.7 Å². The third kappa shape index (κ3) is 3.72. The SMILES string of the molecule is CCc1nc(C)sc1CN1CC2(CCN(C(C)=O)CC2)C[C@@H]1C(=O)O. The van der Waals surface area contributed by atoms with Crippen LogP contribution in [0.15, 0.2) is 0 Å². The van der Waals surface area contributed by atoms with Gasteiger partial charge < -0.3 is 10.0 Å².